The van der Waals surface area contributed by atoms with Gasteiger partial charge < -0.3 is 15.0 Å². The van der Waals surface area contributed by atoms with Crippen LogP contribution in [-0.2, 0) is 4.79 Å². The molecule has 156 valence electrons. The number of benzene rings is 3. The Balaban J connectivity index is 1.31. The van der Waals surface area contributed by atoms with Gasteiger partial charge in [-0.3, -0.25) is 14.9 Å². The third-order valence-electron chi connectivity index (χ3n) is 4.18. The lowest BCUT2D eigenvalue weighted by Crippen LogP contribution is -2.13. The molecule has 0 saturated carbocycles. The van der Waals surface area contributed by atoms with E-state index < -0.39 is 4.92 Å². The number of fused-ring (bicyclic) bond motifs is 1. The van der Waals surface area contributed by atoms with Crippen LogP contribution in [0.25, 0.3) is 11.0 Å². The van der Waals surface area contributed by atoms with Crippen molar-refractivity contribution >= 4 is 51.7 Å². The van der Waals surface area contributed by atoms with Crippen molar-refractivity contribution in [3.05, 3.63) is 81.9 Å². The largest absolute Gasteiger partial charge is 0.457 e. The molecule has 0 spiro atoms. The first-order valence-corrected chi connectivity index (χ1v) is 10.4. The number of nitro groups is 1. The molecule has 0 fully saturated rings. The average molecular weight is 455 g/mol. The molecule has 0 unspecified atom stereocenters. The number of non-ortho nitro benzene ring substituents is 1. The molecule has 1 aromatic heterocycles. The molecule has 0 saturated heterocycles. The molecule has 10 heteroatoms. The number of nitrogens with zero attached hydrogens (tertiary/aromatic N) is 2. The van der Waals surface area contributed by atoms with Crippen molar-refractivity contribution in [3.63, 3.8) is 0 Å². The van der Waals surface area contributed by atoms with Gasteiger partial charge >= 0.3 is 0 Å². The van der Waals surface area contributed by atoms with Gasteiger partial charge in [-0.25, -0.2) is 4.98 Å². The number of ether oxygens (including phenoxy) is 1. The number of H-pyrrole nitrogens is 1. The molecular formula is C21H15ClN4O4S. The maximum atomic E-state index is 12.2. The Morgan fingerprint density at radius 2 is 1.77 bits per heavy atom. The van der Waals surface area contributed by atoms with Crippen LogP contribution in [0.4, 0.5) is 11.4 Å². The molecule has 4 rings (SSSR count). The molecular weight excluding hydrogens is 440 g/mol. The van der Waals surface area contributed by atoms with Gasteiger partial charge in [-0.1, -0.05) is 23.4 Å². The number of carbonyl (C=O) groups excluding carboxylic acids is 1. The Bertz CT molecular complexity index is 1240. The van der Waals surface area contributed by atoms with Gasteiger partial charge in [-0.15, -0.1) is 0 Å². The number of hydrogen-bond donors (Lipinski definition) is 2. The second-order valence-corrected chi connectivity index (χ2v) is 7.82. The maximum absolute atomic E-state index is 12.2. The summed E-state index contributed by atoms with van der Waals surface area (Å²) in [6.45, 7) is 0. The van der Waals surface area contributed by atoms with Crippen molar-refractivity contribution in [3.8, 4) is 11.5 Å². The molecule has 4 aromatic rings. The quantitative estimate of drug-likeness (QED) is 0.212. The third-order valence-corrected chi connectivity index (χ3v) is 5.31. The van der Waals surface area contributed by atoms with Crippen molar-refractivity contribution in [2.75, 3.05) is 11.1 Å². The minimum Gasteiger partial charge on any atom is -0.457 e. The Morgan fingerprint density at radius 1 is 1.10 bits per heavy atom. The predicted molar refractivity (Wildman–Crippen MR) is 120 cm³/mol. The second kappa shape index (κ2) is 9.07. The van der Waals surface area contributed by atoms with E-state index in [1.54, 1.807) is 54.6 Å². The fourth-order valence-electron chi connectivity index (χ4n) is 2.73. The zero-order valence-corrected chi connectivity index (χ0v) is 17.4. The molecule has 31 heavy (non-hydrogen) atoms. The highest BCUT2D eigenvalue weighted by atomic mass is 35.5. The van der Waals surface area contributed by atoms with E-state index in [4.69, 9.17) is 16.3 Å². The Kier molecular flexibility index (Phi) is 6.06. The van der Waals surface area contributed by atoms with E-state index in [1.807, 2.05) is 0 Å². The van der Waals surface area contributed by atoms with Crippen LogP contribution >= 0.6 is 23.4 Å². The van der Waals surface area contributed by atoms with Crippen LogP contribution in [-0.4, -0.2) is 26.6 Å². The smallest absolute Gasteiger partial charge is 0.271 e. The molecule has 2 N–H and O–H groups in total. The number of rotatable bonds is 7. The number of hydrogen-bond acceptors (Lipinski definition) is 6. The van der Waals surface area contributed by atoms with E-state index in [2.05, 4.69) is 15.3 Å². The molecule has 1 heterocycles. The van der Waals surface area contributed by atoms with Crippen LogP contribution in [0.3, 0.4) is 0 Å². The summed E-state index contributed by atoms with van der Waals surface area (Å²) in [5.41, 5.74) is 1.77. The number of imidazole rings is 1. The number of aromatic nitrogens is 2. The first-order chi connectivity index (χ1) is 15.0. The molecule has 0 aliphatic carbocycles. The number of halogens is 1. The summed E-state index contributed by atoms with van der Waals surface area (Å²) in [5, 5.41) is 14.8. The summed E-state index contributed by atoms with van der Waals surface area (Å²) in [4.78, 5) is 30.0. The first-order valence-electron chi connectivity index (χ1n) is 9.06. The predicted octanol–water partition coefficient (Wildman–Crippen LogP) is 5.65. The summed E-state index contributed by atoms with van der Waals surface area (Å²) in [6.07, 6.45) is 0. The summed E-state index contributed by atoms with van der Waals surface area (Å²) in [7, 11) is 0. The lowest BCUT2D eigenvalue weighted by atomic mass is 10.3. The van der Waals surface area contributed by atoms with Gasteiger partial charge in [-0.2, -0.15) is 0 Å². The van der Waals surface area contributed by atoms with E-state index >= 15 is 0 Å². The molecule has 1 amide bonds. The van der Waals surface area contributed by atoms with E-state index in [9.17, 15) is 14.9 Å². The average Bonchev–Trinajstić information content (AvgIpc) is 3.17. The second-order valence-electron chi connectivity index (χ2n) is 6.42. The van der Waals surface area contributed by atoms with Crippen LogP contribution in [0, 0.1) is 10.1 Å². The SMILES string of the molecule is O=C(CSc1nc2ccc([N+](=O)[O-])cc2[nH]1)Nc1ccc(Oc2ccc(Cl)cc2)cc1. The number of aromatic amines is 1. The minimum atomic E-state index is -0.466. The lowest BCUT2D eigenvalue weighted by molar-refractivity contribution is -0.384. The summed E-state index contributed by atoms with van der Waals surface area (Å²) < 4.78 is 5.72. The standard InChI is InChI=1S/C21H15ClN4O4S/c22-13-1-6-16(7-2-13)30-17-8-3-14(4-9-17)23-20(27)12-31-21-24-18-10-5-15(26(28)29)11-19(18)25-21/h1-11H,12H2,(H,23,27)(H,24,25). The normalized spacial score (nSPS) is 10.7. The Hall–Kier alpha value is -3.56. The fourth-order valence-corrected chi connectivity index (χ4v) is 3.54. The molecule has 0 atom stereocenters. The summed E-state index contributed by atoms with van der Waals surface area (Å²) >= 11 is 7.07. The van der Waals surface area contributed by atoms with Crippen molar-refractivity contribution < 1.29 is 14.5 Å². The van der Waals surface area contributed by atoms with E-state index in [-0.39, 0.29) is 17.3 Å². The van der Waals surface area contributed by atoms with Gasteiger partial charge in [0.1, 0.15) is 11.5 Å². The van der Waals surface area contributed by atoms with Crippen molar-refractivity contribution in [2.24, 2.45) is 0 Å². The van der Waals surface area contributed by atoms with Crippen molar-refractivity contribution in [2.45, 2.75) is 5.16 Å². The van der Waals surface area contributed by atoms with Crippen LogP contribution in [0.5, 0.6) is 11.5 Å². The maximum Gasteiger partial charge on any atom is 0.271 e. The van der Waals surface area contributed by atoms with Gasteiger partial charge in [0.05, 0.1) is 21.7 Å². The molecule has 0 aliphatic rings. The molecule has 0 bridgehead atoms. The fraction of sp³-hybridized carbons (Fsp3) is 0.0476. The summed E-state index contributed by atoms with van der Waals surface area (Å²) in [5.74, 6) is 1.22. The Labute approximate surface area is 185 Å². The number of thioether (sulfide) groups is 1. The van der Waals surface area contributed by atoms with Gasteiger partial charge in [-0.05, 0) is 54.6 Å². The van der Waals surface area contributed by atoms with Crippen molar-refractivity contribution in [1.29, 1.82) is 0 Å². The van der Waals surface area contributed by atoms with Crippen LogP contribution in [0.15, 0.2) is 71.9 Å². The number of nitrogens with one attached hydrogen (secondary N) is 2. The van der Waals surface area contributed by atoms with Crippen LogP contribution < -0.4 is 10.1 Å². The minimum absolute atomic E-state index is 0.0195. The highest BCUT2D eigenvalue weighted by Crippen LogP contribution is 2.25. The zero-order valence-electron chi connectivity index (χ0n) is 15.9. The van der Waals surface area contributed by atoms with E-state index in [0.29, 0.717) is 38.4 Å². The molecule has 0 radical (unpaired) electrons. The Morgan fingerprint density at radius 3 is 2.45 bits per heavy atom. The topological polar surface area (TPSA) is 110 Å². The van der Waals surface area contributed by atoms with E-state index in [0.717, 1.165) is 0 Å². The number of nitro benzene ring substituents is 1. The van der Waals surface area contributed by atoms with Gasteiger partial charge in [0.15, 0.2) is 5.16 Å². The highest BCUT2D eigenvalue weighted by Gasteiger charge is 2.11. The number of anilines is 1. The zero-order chi connectivity index (χ0) is 21.8. The van der Waals surface area contributed by atoms with Gasteiger partial charge in [0, 0.05) is 22.8 Å². The van der Waals surface area contributed by atoms with Crippen molar-refractivity contribution in [1.82, 2.24) is 9.97 Å². The van der Waals surface area contributed by atoms with Crippen LogP contribution in [0.1, 0.15) is 0 Å². The first kappa shape index (κ1) is 20.7. The van der Waals surface area contributed by atoms with E-state index in [1.165, 1.54) is 23.9 Å². The summed E-state index contributed by atoms with van der Waals surface area (Å²) in [6, 6.07) is 18.4. The number of carbonyl (C=O) groups is 1. The monoisotopic (exact) mass is 454 g/mol. The molecule has 3 aromatic carbocycles. The molecule has 0 aliphatic heterocycles. The lowest BCUT2D eigenvalue weighted by Gasteiger charge is -2.08. The van der Waals surface area contributed by atoms with Crippen LogP contribution in [0.2, 0.25) is 5.02 Å². The van der Waals surface area contributed by atoms with Gasteiger partial charge in [0.25, 0.3) is 5.69 Å². The highest BCUT2D eigenvalue weighted by molar-refractivity contribution is 7.99. The molecule has 8 nitrogen and oxygen atoms in total. The third kappa shape index (κ3) is 5.33. The number of amides is 1. The van der Waals surface area contributed by atoms with Gasteiger partial charge in [0.2, 0.25) is 5.91 Å².